The van der Waals surface area contributed by atoms with Crippen molar-refractivity contribution in [1.29, 1.82) is 0 Å². The molecular formula is C22H22N2O5. The fraction of sp³-hybridized carbons (Fsp3) is 0.318. The Morgan fingerprint density at radius 3 is 2.17 bits per heavy atom. The van der Waals surface area contributed by atoms with E-state index in [0.29, 0.717) is 43.1 Å². The molecule has 4 rings (SSSR count). The van der Waals surface area contributed by atoms with Crippen molar-refractivity contribution in [3.63, 3.8) is 0 Å². The lowest BCUT2D eigenvalue weighted by atomic mass is 9.96. The van der Waals surface area contributed by atoms with E-state index < -0.39 is 12.0 Å². The van der Waals surface area contributed by atoms with Gasteiger partial charge in [0.15, 0.2) is 0 Å². The summed E-state index contributed by atoms with van der Waals surface area (Å²) in [5.41, 5.74) is 0.517. The molecule has 2 aliphatic heterocycles. The fourth-order valence-corrected chi connectivity index (χ4v) is 3.92. The monoisotopic (exact) mass is 394 g/mol. The van der Waals surface area contributed by atoms with E-state index in [1.165, 1.54) is 4.90 Å². The highest BCUT2D eigenvalue weighted by Crippen LogP contribution is 2.30. The largest absolute Gasteiger partial charge is 0.481 e. The van der Waals surface area contributed by atoms with Crippen molar-refractivity contribution in [3.8, 4) is 11.5 Å². The Morgan fingerprint density at radius 2 is 1.55 bits per heavy atom. The Morgan fingerprint density at radius 1 is 0.931 bits per heavy atom. The second-order valence-electron chi connectivity index (χ2n) is 7.34. The number of ether oxygens (including phenoxy) is 1. The second-order valence-corrected chi connectivity index (χ2v) is 7.34. The van der Waals surface area contributed by atoms with Gasteiger partial charge in [0.2, 0.25) is 5.91 Å². The maximum absolute atomic E-state index is 12.9. The van der Waals surface area contributed by atoms with Crippen LogP contribution < -0.4 is 9.64 Å². The number of anilines is 1. The average Bonchev–Trinajstić information content (AvgIpc) is 3.03. The molecule has 2 fully saturated rings. The summed E-state index contributed by atoms with van der Waals surface area (Å²) in [6.07, 6.45) is 1.12. The minimum absolute atomic E-state index is 0.124. The van der Waals surface area contributed by atoms with E-state index in [0.717, 1.165) is 0 Å². The molecular weight excluding hydrogens is 372 g/mol. The molecule has 29 heavy (non-hydrogen) atoms. The number of hydrogen-bond donors (Lipinski definition) is 1. The standard InChI is InChI=1S/C22H22N2O5/c25-20-14-19(23-12-10-15(11-13-23)22(27)28)21(26)24(20)16-6-8-18(9-7-16)29-17-4-2-1-3-5-17/h1-9,15,19H,10-14H2,(H,27,28)/t19-/m0/s1. The molecule has 2 aromatic rings. The number of amides is 2. The highest BCUT2D eigenvalue weighted by atomic mass is 16.5. The molecule has 1 atom stereocenters. The van der Waals surface area contributed by atoms with Crippen LogP contribution in [0.5, 0.6) is 11.5 Å². The average molecular weight is 394 g/mol. The van der Waals surface area contributed by atoms with Crippen molar-refractivity contribution in [2.45, 2.75) is 25.3 Å². The first-order valence-corrected chi connectivity index (χ1v) is 9.69. The van der Waals surface area contributed by atoms with Crippen molar-refractivity contribution < 1.29 is 24.2 Å². The summed E-state index contributed by atoms with van der Waals surface area (Å²) in [4.78, 5) is 39.7. The summed E-state index contributed by atoms with van der Waals surface area (Å²) in [6, 6.07) is 15.7. The number of carboxylic acids is 1. The van der Waals surface area contributed by atoms with Crippen molar-refractivity contribution in [2.75, 3.05) is 18.0 Å². The van der Waals surface area contributed by atoms with Crippen LogP contribution in [0.3, 0.4) is 0 Å². The van der Waals surface area contributed by atoms with E-state index >= 15 is 0 Å². The van der Waals surface area contributed by atoms with Gasteiger partial charge in [0.1, 0.15) is 11.5 Å². The molecule has 0 radical (unpaired) electrons. The zero-order valence-electron chi connectivity index (χ0n) is 15.9. The minimum atomic E-state index is -0.794. The topological polar surface area (TPSA) is 87.2 Å². The number of likely N-dealkylation sites (tertiary alicyclic amines) is 1. The van der Waals surface area contributed by atoms with Gasteiger partial charge in [-0.1, -0.05) is 18.2 Å². The van der Waals surface area contributed by atoms with Crippen LogP contribution in [-0.4, -0.2) is 46.9 Å². The molecule has 0 bridgehead atoms. The van der Waals surface area contributed by atoms with Crippen molar-refractivity contribution in [1.82, 2.24) is 4.90 Å². The zero-order chi connectivity index (χ0) is 20.4. The Bertz CT molecular complexity index is 905. The van der Waals surface area contributed by atoms with Crippen LogP contribution in [0, 0.1) is 5.92 Å². The summed E-state index contributed by atoms with van der Waals surface area (Å²) in [5, 5.41) is 9.13. The van der Waals surface area contributed by atoms with Gasteiger partial charge >= 0.3 is 5.97 Å². The molecule has 2 aromatic carbocycles. The molecule has 2 aliphatic rings. The molecule has 150 valence electrons. The third-order valence-corrected chi connectivity index (χ3v) is 5.52. The van der Waals surface area contributed by atoms with Crippen molar-refractivity contribution in [3.05, 3.63) is 54.6 Å². The molecule has 0 saturated carbocycles. The number of carboxylic acid groups (broad SMARTS) is 1. The number of benzene rings is 2. The van der Waals surface area contributed by atoms with Gasteiger partial charge < -0.3 is 9.84 Å². The summed E-state index contributed by atoms with van der Waals surface area (Å²) < 4.78 is 5.75. The molecule has 0 spiro atoms. The molecule has 2 saturated heterocycles. The fourth-order valence-electron chi connectivity index (χ4n) is 3.92. The highest BCUT2D eigenvalue weighted by Gasteiger charge is 2.43. The number of aliphatic carboxylic acids is 1. The Balaban J connectivity index is 1.43. The third-order valence-electron chi connectivity index (χ3n) is 5.52. The molecule has 0 unspecified atom stereocenters. The molecule has 2 amide bonds. The highest BCUT2D eigenvalue weighted by molar-refractivity contribution is 6.22. The van der Waals surface area contributed by atoms with Crippen LogP contribution in [0.4, 0.5) is 5.69 Å². The van der Waals surface area contributed by atoms with Crippen LogP contribution >= 0.6 is 0 Å². The molecule has 2 heterocycles. The van der Waals surface area contributed by atoms with E-state index in [2.05, 4.69) is 0 Å². The Hall–Kier alpha value is -3.19. The first-order chi connectivity index (χ1) is 14.0. The number of nitrogens with zero attached hydrogens (tertiary/aromatic N) is 2. The van der Waals surface area contributed by atoms with Gasteiger partial charge in [-0.15, -0.1) is 0 Å². The summed E-state index contributed by atoms with van der Waals surface area (Å²) in [7, 11) is 0. The molecule has 7 heteroatoms. The number of piperidine rings is 1. The second kappa shape index (κ2) is 8.05. The molecule has 0 aliphatic carbocycles. The van der Waals surface area contributed by atoms with E-state index in [1.807, 2.05) is 35.2 Å². The van der Waals surface area contributed by atoms with Gasteiger partial charge in [0.25, 0.3) is 5.91 Å². The smallest absolute Gasteiger partial charge is 0.306 e. The first kappa shape index (κ1) is 19.1. The summed E-state index contributed by atoms with van der Waals surface area (Å²) in [5.74, 6) is -0.327. The Kier molecular flexibility index (Phi) is 5.31. The van der Waals surface area contributed by atoms with E-state index in [1.54, 1.807) is 24.3 Å². The van der Waals surface area contributed by atoms with Gasteiger partial charge in [-0.05, 0) is 62.3 Å². The number of hydrogen-bond acceptors (Lipinski definition) is 5. The van der Waals surface area contributed by atoms with E-state index in [-0.39, 0.29) is 24.2 Å². The number of para-hydroxylation sites is 1. The lowest BCUT2D eigenvalue weighted by Crippen LogP contribution is -2.46. The van der Waals surface area contributed by atoms with Gasteiger partial charge in [-0.25, -0.2) is 4.90 Å². The quantitative estimate of drug-likeness (QED) is 0.785. The zero-order valence-corrected chi connectivity index (χ0v) is 15.9. The molecule has 7 nitrogen and oxygen atoms in total. The Labute approximate surface area is 168 Å². The summed E-state index contributed by atoms with van der Waals surface area (Å²) >= 11 is 0. The number of carbonyl (C=O) groups excluding carboxylic acids is 2. The number of imide groups is 1. The maximum atomic E-state index is 12.9. The van der Waals surface area contributed by atoms with Gasteiger partial charge in [-0.3, -0.25) is 19.3 Å². The van der Waals surface area contributed by atoms with E-state index in [9.17, 15) is 14.4 Å². The first-order valence-electron chi connectivity index (χ1n) is 9.69. The van der Waals surface area contributed by atoms with Crippen LogP contribution in [0.15, 0.2) is 54.6 Å². The number of rotatable bonds is 5. The van der Waals surface area contributed by atoms with Gasteiger partial charge in [0, 0.05) is 0 Å². The minimum Gasteiger partial charge on any atom is -0.481 e. The van der Waals surface area contributed by atoms with Crippen LogP contribution in [0.2, 0.25) is 0 Å². The van der Waals surface area contributed by atoms with Crippen LogP contribution in [-0.2, 0) is 14.4 Å². The lowest BCUT2D eigenvalue weighted by molar-refractivity contribution is -0.143. The molecule has 1 N–H and O–H groups in total. The van der Waals surface area contributed by atoms with Crippen LogP contribution in [0.25, 0.3) is 0 Å². The van der Waals surface area contributed by atoms with Crippen molar-refractivity contribution >= 4 is 23.5 Å². The van der Waals surface area contributed by atoms with Gasteiger partial charge in [0.05, 0.1) is 24.1 Å². The maximum Gasteiger partial charge on any atom is 0.306 e. The van der Waals surface area contributed by atoms with Crippen LogP contribution in [0.1, 0.15) is 19.3 Å². The SMILES string of the molecule is O=C(O)C1CCN([C@H]2CC(=O)N(c3ccc(Oc4ccccc4)cc3)C2=O)CC1. The van der Waals surface area contributed by atoms with Gasteiger partial charge in [-0.2, -0.15) is 0 Å². The lowest BCUT2D eigenvalue weighted by Gasteiger charge is -2.33. The number of carbonyl (C=O) groups is 3. The third kappa shape index (κ3) is 4.00. The predicted octanol–water partition coefficient (Wildman–Crippen LogP) is 2.91. The summed E-state index contributed by atoms with van der Waals surface area (Å²) in [6.45, 7) is 1.02. The molecule has 0 aromatic heterocycles. The normalized spacial score (nSPS) is 20.8. The van der Waals surface area contributed by atoms with Crippen molar-refractivity contribution in [2.24, 2.45) is 5.92 Å². The predicted molar refractivity (Wildman–Crippen MR) is 106 cm³/mol. The van der Waals surface area contributed by atoms with E-state index in [4.69, 9.17) is 9.84 Å².